The molecule has 0 spiro atoms. The van der Waals surface area contributed by atoms with Crippen LogP contribution in [0.4, 0.5) is 0 Å². The minimum Gasteiger partial charge on any atom is -0.312 e. The van der Waals surface area contributed by atoms with E-state index in [0.717, 1.165) is 45.2 Å². The van der Waals surface area contributed by atoms with Gasteiger partial charge in [0.25, 0.3) is 0 Å². The average Bonchev–Trinajstić information content (AvgIpc) is 2.98. The molecule has 0 radical (unpaired) electrons. The number of nitriles is 1. The van der Waals surface area contributed by atoms with Crippen molar-refractivity contribution < 1.29 is 9.63 Å². The van der Waals surface area contributed by atoms with Crippen LogP contribution < -0.4 is 0 Å². The zero-order chi connectivity index (χ0) is 17.1. The molecule has 1 aliphatic carbocycles. The van der Waals surface area contributed by atoms with Crippen LogP contribution in [0.5, 0.6) is 0 Å². The van der Waals surface area contributed by atoms with Crippen LogP contribution in [0.3, 0.4) is 0 Å². The third-order valence-corrected chi connectivity index (χ3v) is 6.31. The number of thioether (sulfide) groups is 1. The third kappa shape index (κ3) is 3.20. The lowest BCUT2D eigenvalue weighted by atomic mass is 9.92. The van der Waals surface area contributed by atoms with E-state index in [2.05, 4.69) is 11.2 Å². The number of hydrogen-bond acceptors (Lipinski definition) is 6. The summed E-state index contributed by atoms with van der Waals surface area (Å²) in [6.07, 6.45) is 4.43. The smallest absolute Gasteiger partial charge is 0.312 e. The summed E-state index contributed by atoms with van der Waals surface area (Å²) in [6.45, 7) is 0. The molecule has 0 fully saturated rings. The van der Waals surface area contributed by atoms with E-state index >= 15 is 0 Å². The molecule has 24 heavy (non-hydrogen) atoms. The number of fused-ring (bicyclic) bond motifs is 1. The average molecular weight is 377 g/mol. The van der Waals surface area contributed by atoms with Crippen molar-refractivity contribution in [3.63, 3.8) is 0 Å². The van der Waals surface area contributed by atoms with Gasteiger partial charge < -0.3 is 4.84 Å². The van der Waals surface area contributed by atoms with Gasteiger partial charge in [0.1, 0.15) is 10.9 Å². The van der Waals surface area contributed by atoms with Crippen LogP contribution in [0, 0.1) is 11.3 Å². The highest BCUT2D eigenvalue weighted by molar-refractivity contribution is 8.00. The quantitative estimate of drug-likeness (QED) is 0.434. The van der Waals surface area contributed by atoms with E-state index in [4.69, 9.17) is 16.4 Å². The minimum absolute atomic E-state index is 0.285. The summed E-state index contributed by atoms with van der Waals surface area (Å²) in [7, 11) is 0. The second kappa shape index (κ2) is 7.39. The molecule has 122 valence electrons. The van der Waals surface area contributed by atoms with Crippen LogP contribution in [-0.2, 0) is 11.3 Å². The van der Waals surface area contributed by atoms with Crippen molar-refractivity contribution in [3.05, 3.63) is 50.9 Å². The number of thiophene rings is 1. The lowest BCUT2D eigenvalue weighted by Gasteiger charge is -2.15. The maximum Gasteiger partial charge on any atom is 0.367 e. The predicted octanol–water partition coefficient (Wildman–Crippen LogP) is 4.89. The Morgan fingerprint density at radius 1 is 1.42 bits per heavy atom. The van der Waals surface area contributed by atoms with E-state index in [1.54, 1.807) is 36.0 Å². The van der Waals surface area contributed by atoms with Gasteiger partial charge in [0.05, 0.1) is 20.5 Å². The molecular weight excluding hydrogens is 364 g/mol. The van der Waals surface area contributed by atoms with Gasteiger partial charge in [-0.2, -0.15) is 5.26 Å². The van der Waals surface area contributed by atoms with Crippen molar-refractivity contribution in [3.8, 4) is 6.07 Å². The highest BCUT2D eigenvalue weighted by atomic mass is 35.5. The summed E-state index contributed by atoms with van der Waals surface area (Å²) in [6, 6.07) is 8.95. The van der Waals surface area contributed by atoms with E-state index in [0.29, 0.717) is 5.02 Å². The molecule has 0 aliphatic heterocycles. The van der Waals surface area contributed by atoms with Gasteiger partial charge in [0.15, 0.2) is 0 Å². The molecule has 0 saturated heterocycles. The highest BCUT2D eigenvalue weighted by Crippen LogP contribution is 2.39. The number of benzene rings is 1. The zero-order valence-corrected chi connectivity index (χ0v) is 15.2. The first-order chi connectivity index (χ1) is 11.7. The number of oxime groups is 1. The number of carbonyl (C=O) groups excluding carboxylic acids is 1. The van der Waals surface area contributed by atoms with E-state index in [1.165, 1.54) is 11.3 Å². The summed E-state index contributed by atoms with van der Waals surface area (Å²) in [5.74, 6) is -0.582. The van der Waals surface area contributed by atoms with Gasteiger partial charge >= 0.3 is 5.97 Å². The second-order valence-corrected chi connectivity index (χ2v) is 7.64. The van der Waals surface area contributed by atoms with Crippen molar-refractivity contribution in [2.75, 3.05) is 6.26 Å². The normalized spacial score (nSPS) is 15.0. The Labute approximate surface area is 153 Å². The van der Waals surface area contributed by atoms with Gasteiger partial charge in [0.2, 0.25) is 0 Å². The molecule has 0 unspecified atom stereocenters. The van der Waals surface area contributed by atoms with Crippen LogP contribution in [0.2, 0.25) is 5.02 Å². The highest BCUT2D eigenvalue weighted by Gasteiger charge is 2.26. The molecule has 0 saturated carbocycles. The van der Waals surface area contributed by atoms with Gasteiger partial charge in [-0.3, -0.25) is 0 Å². The molecule has 0 atom stereocenters. The Bertz CT molecular complexity index is 868. The molecule has 1 aromatic carbocycles. The lowest BCUT2D eigenvalue weighted by molar-refractivity contribution is 0.0515. The topological polar surface area (TPSA) is 62.4 Å². The molecule has 1 aromatic heterocycles. The number of carbonyl (C=O) groups is 1. The number of halogens is 1. The molecule has 7 heteroatoms. The van der Waals surface area contributed by atoms with Gasteiger partial charge in [0, 0.05) is 5.56 Å². The van der Waals surface area contributed by atoms with E-state index in [-0.39, 0.29) is 5.56 Å². The SMILES string of the molecule is CSc1sc(C#N)c2c1/C(=N/OC(=O)c1ccccc1Cl)CCC2. The predicted molar refractivity (Wildman–Crippen MR) is 97.2 cm³/mol. The molecule has 1 heterocycles. The first-order valence-corrected chi connectivity index (χ1v) is 9.70. The summed E-state index contributed by atoms with van der Waals surface area (Å²) in [5, 5.41) is 13.7. The number of nitrogens with zero attached hydrogens (tertiary/aromatic N) is 2. The van der Waals surface area contributed by atoms with E-state index < -0.39 is 5.97 Å². The Balaban J connectivity index is 1.91. The fraction of sp³-hybridized carbons (Fsp3) is 0.235. The van der Waals surface area contributed by atoms with Crippen molar-refractivity contribution in [1.82, 2.24) is 0 Å². The maximum atomic E-state index is 12.2. The first-order valence-electron chi connectivity index (χ1n) is 7.28. The fourth-order valence-corrected chi connectivity index (χ4v) is 4.77. The fourth-order valence-electron chi connectivity index (χ4n) is 2.63. The van der Waals surface area contributed by atoms with Gasteiger partial charge in [-0.15, -0.1) is 23.1 Å². The number of rotatable bonds is 3. The summed E-state index contributed by atoms with van der Waals surface area (Å²) >= 11 is 9.06. The molecular formula is C17H13ClN2O2S2. The van der Waals surface area contributed by atoms with E-state index in [1.807, 2.05) is 6.26 Å². The Kier molecular flexibility index (Phi) is 5.24. The largest absolute Gasteiger partial charge is 0.367 e. The molecule has 1 aliphatic rings. The molecule has 4 nitrogen and oxygen atoms in total. The van der Waals surface area contributed by atoms with Crippen molar-refractivity contribution in [2.24, 2.45) is 5.16 Å². The van der Waals surface area contributed by atoms with Gasteiger partial charge in [-0.1, -0.05) is 28.9 Å². The van der Waals surface area contributed by atoms with E-state index in [9.17, 15) is 10.1 Å². The van der Waals surface area contributed by atoms with Gasteiger partial charge in [-0.25, -0.2) is 4.79 Å². The standard InChI is InChI=1S/C17H13ClN2O2S2/c1-23-17-15-11(14(9-19)24-17)6-4-8-13(15)20-22-16(21)10-5-2-3-7-12(10)18/h2-3,5,7H,4,6,8H2,1H3/b20-13+. The first kappa shape index (κ1) is 17.0. The summed E-state index contributed by atoms with van der Waals surface area (Å²) in [4.78, 5) is 18.0. The Morgan fingerprint density at radius 2 is 2.21 bits per heavy atom. The molecule has 3 rings (SSSR count). The maximum absolute atomic E-state index is 12.2. The van der Waals surface area contributed by atoms with Crippen LogP contribution in [0.25, 0.3) is 0 Å². The Hall–Kier alpha value is -1.81. The lowest BCUT2D eigenvalue weighted by Crippen LogP contribution is -2.13. The van der Waals surface area contributed by atoms with Crippen molar-refractivity contribution in [2.45, 2.75) is 23.5 Å². The minimum atomic E-state index is -0.582. The third-order valence-electron chi connectivity index (χ3n) is 3.72. The van der Waals surface area contributed by atoms with Gasteiger partial charge in [-0.05, 0) is 43.2 Å². The molecule has 0 N–H and O–H groups in total. The molecule has 0 bridgehead atoms. The second-order valence-electron chi connectivity index (χ2n) is 5.14. The molecule has 0 amide bonds. The van der Waals surface area contributed by atoms with Crippen LogP contribution in [0.1, 0.15) is 39.2 Å². The molecule has 2 aromatic rings. The van der Waals surface area contributed by atoms with Crippen LogP contribution in [0.15, 0.2) is 33.6 Å². The monoisotopic (exact) mass is 376 g/mol. The Morgan fingerprint density at radius 3 is 2.92 bits per heavy atom. The van der Waals surface area contributed by atoms with Crippen molar-refractivity contribution in [1.29, 1.82) is 5.26 Å². The summed E-state index contributed by atoms with van der Waals surface area (Å²) < 4.78 is 1.04. The number of hydrogen-bond donors (Lipinski definition) is 0. The summed E-state index contributed by atoms with van der Waals surface area (Å²) in [5.41, 5.74) is 2.99. The zero-order valence-electron chi connectivity index (χ0n) is 12.8. The van der Waals surface area contributed by atoms with Crippen molar-refractivity contribution >= 4 is 46.4 Å². The van der Waals surface area contributed by atoms with Crippen LogP contribution in [-0.4, -0.2) is 17.9 Å². The van der Waals surface area contributed by atoms with Crippen LogP contribution >= 0.6 is 34.7 Å².